The van der Waals surface area contributed by atoms with E-state index < -0.39 is 0 Å². The molecule has 10 aromatic rings. The molecule has 0 fully saturated rings. The topological polar surface area (TPSA) is 48.0 Å². The van der Waals surface area contributed by atoms with Crippen molar-refractivity contribution in [2.75, 3.05) is 0 Å². The summed E-state index contributed by atoms with van der Waals surface area (Å²) in [5.74, 6) is 1.85. The lowest BCUT2D eigenvalue weighted by molar-refractivity contribution is 0.591. The molecule has 2 aliphatic rings. The van der Waals surface area contributed by atoms with Crippen LogP contribution in [0.2, 0.25) is 0 Å². The van der Waals surface area contributed by atoms with Gasteiger partial charge in [0.15, 0.2) is 23.2 Å². The van der Waals surface area contributed by atoms with E-state index in [9.17, 15) is 0 Å². The molecule has 0 aliphatic heterocycles. The molecule has 0 amide bonds. The van der Waals surface area contributed by atoms with Crippen LogP contribution < -0.4 is 0 Å². The smallest absolute Gasteiger partial charge is 0.188 e. The normalized spacial score (nSPS) is 14.4. The zero-order valence-electron chi connectivity index (χ0n) is 41.3. The first-order valence-corrected chi connectivity index (χ1v) is 25.3. The van der Waals surface area contributed by atoms with Gasteiger partial charge in [-0.25, -0.2) is 19.8 Å². The average molecular weight is 940 g/mol. The first-order chi connectivity index (χ1) is 35.8. The quantitative estimate of drug-likeness (QED) is 0.136. The zero-order valence-corrected chi connectivity index (χ0v) is 41.3. The molecule has 1 atom stereocenters. The molecule has 0 saturated heterocycles. The molecule has 2 aliphatic carbocycles. The Kier molecular flexibility index (Phi) is 11.7. The Morgan fingerprint density at radius 2 is 1.08 bits per heavy atom. The van der Waals surface area contributed by atoms with Crippen LogP contribution in [0.3, 0.4) is 0 Å². The van der Waals surface area contributed by atoms with Crippen LogP contribution in [0.15, 0.2) is 225 Å². The van der Waals surface area contributed by atoms with E-state index in [0.29, 0.717) is 23.2 Å². The third-order valence-electron chi connectivity index (χ3n) is 14.4. The molecular weight excluding hydrogens is 887 g/mol. The summed E-state index contributed by atoms with van der Waals surface area (Å²) >= 11 is 0. The van der Waals surface area contributed by atoms with Crippen LogP contribution in [0.5, 0.6) is 0 Å². The van der Waals surface area contributed by atoms with Gasteiger partial charge in [-0.2, -0.15) is 0 Å². The molecule has 2 aromatic heterocycles. The summed E-state index contributed by atoms with van der Waals surface area (Å²) in [6.07, 6.45) is 18.3. The first-order valence-electron chi connectivity index (χ1n) is 25.3. The minimum Gasteiger partial charge on any atom is -0.308 e. The number of fused-ring (bicyclic) bond motifs is 3. The lowest BCUT2D eigenvalue weighted by Gasteiger charge is -2.25. The highest BCUT2D eigenvalue weighted by Gasteiger charge is 2.27. The maximum atomic E-state index is 8.03. The minimum atomic E-state index is -0.0671. The molecule has 5 nitrogen and oxygen atoms in total. The van der Waals surface area contributed by atoms with Gasteiger partial charge in [0.25, 0.3) is 0 Å². The first kappa shape index (κ1) is 45.2. The lowest BCUT2D eigenvalue weighted by atomic mass is 9.86. The number of hydrogen-bond acceptors (Lipinski definition) is 3. The van der Waals surface area contributed by atoms with E-state index in [1.807, 2.05) is 12.1 Å². The van der Waals surface area contributed by atoms with Crippen molar-refractivity contribution in [2.24, 2.45) is 0 Å². The fourth-order valence-electron chi connectivity index (χ4n) is 10.5. The Morgan fingerprint density at radius 1 is 0.507 bits per heavy atom. The Bertz CT molecular complexity index is 3900. The van der Waals surface area contributed by atoms with E-state index in [-0.39, 0.29) is 11.3 Å². The molecule has 5 heteroatoms. The summed E-state index contributed by atoms with van der Waals surface area (Å²) in [6, 6.07) is 64.8. The van der Waals surface area contributed by atoms with Gasteiger partial charge in [-0.05, 0) is 135 Å². The van der Waals surface area contributed by atoms with Gasteiger partial charge in [-0.3, -0.25) is 0 Å². The van der Waals surface area contributed by atoms with Crippen LogP contribution in [-0.2, 0) is 5.41 Å². The van der Waals surface area contributed by atoms with Gasteiger partial charge in [0.05, 0.1) is 23.3 Å². The van der Waals surface area contributed by atoms with Crippen molar-refractivity contribution in [3.63, 3.8) is 0 Å². The Morgan fingerprint density at radius 3 is 1.71 bits per heavy atom. The SMILES string of the molecule is [C-]#[N+]c1ccc2c(c1)c1cc(C(C)(C)C)ccc1n2-c1c(-c2ccccc2)cc(-c2nc(-c3ccc(-c4ccccc4)cc3)nc(-c3cc(C4=CC=CCC4)cc(-c4ccccc4)c3)n2)cc1C1C=CC=CC1. The maximum absolute atomic E-state index is 8.03. The van der Waals surface area contributed by atoms with E-state index in [2.05, 4.69) is 243 Å². The van der Waals surface area contributed by atoms with Gasteiger partial charge in [-0.15, -0.1) is 0 Å². The summed E-state index contributed by atoms with van der Waals surface area (Å²) < 4.78 is 2.45. The second kappa shape index (κ2) is 19.0. The van der Waals surface area contributed by atoms with Crippen molar-refractivity contribution >= 4 is 33.1 Å². The molecule has 73 heavy (non-hydrogen) atoms. The van der Waals surface area contributed by atoms with Crippen molar-refractivity contribution < 1.29 is 0 Å². The van der Waals surface area contributed by atoms with Crippen LogP contribution in [0, 0.1) is 6.57 Å². The van der Waals surface area contributed by atoms with Crippen molar-refractivity contribution in [1.29, 1.82) is 0 Å². The molecule has 12 rings (SSSR count). The maximum Gasteiger partial charge on any atom is 0.188 e. The average Bonchev–Trinajstić information content (AvgIpc) is 3.78. The van der Waals surface area contributed by atoms with Crippen LogP contribution in [0.25, 0.3) is 105 Å². The van der Waals surface area contributed by atoms with Crippen LogP contribution >= 0.6 is 0 Å². The molecule has 1 unspecified atom stereocenters. The van der Waals surface area contributed by atoms with Crippen LogP contribution in [0.4, 0.5) is 5.69 Å². The monoisotopic (exact) mass is 939 g/mol. The van der Waals surface area contributed by atoms with Gasteiger partial charge in [-0.1, -0.05) is 191 Å². The molecule has 0 saturated carbocycles. The summed E-state index contributed by atoms with van der Waals surface area (Å²) in [5.41, 5.74) is 18.1. The van der Waals surface area contributed by atoms with Gasteiger partial charge < -0.3 is 4.57 Å². The second-order valence-corrected chi connectivity index (χ2v) is 20.2. The third-order valence-corrected chi connectivity index (χ3v) is 14.4. The van der Waals surface area contributed by atoms with Crippen molar-refractivity contribution in [1.82, 2.24) is 19.5 Å². The van der Waals surface area contributed by atoms with Gasteiger partial charge in [0, 0.05) is 33.6 Å². The zero-order chi connectivity index (χ0) is 49.5. The van der Waals surface area contributed by atoms with Crippen molar-refractivity contribution in [3.05, 3.63) is 253 Å². The lowest BCUT2D eigenvalue weighted by Crippen LogP contribution is -2.11. The van der Waals surface area contributed by atoms with Gasteiger partial charge >= 0.3 is 0 Å². The minimum absolute atomic E-state index is 0.0421. The number of benzene rings is 8. The molecular formula is C68H53N5. The number of nitrogens with zero attached hydrogens (tertiary/aromatic N) is 5. The molecule has 350 valence electrons. The molecule has 0 N–H and O–H groups in total. The van der Waals surface area contributed by atoms with Crippen molar-refractivity contribution in [3.8, 4) is 73.2 Å². The predicted molar refractivity (Wildman–Crippen MR) is 304 cm³/mol. The summed E-state index contributed by atoms with van der Waals surface area (Å²) in [6.45, 7) is 14.8. The third kappa shape index (κ3) is 8.83. The van der Waals surface area contributed by atoms with E-state index in [4.69, 9.17) is 21.5 Å². The molecule has 0 radical (unpaired) electrons. The highest BCUT2D eigenvalue weighted by Crippen LogP contribution is 2.45. The predicted octanol–water partition coefficient (Wildman–Crippen LogP) is 18.2. The van der Waals surface area contributed by atoms with E-state index in [1.54, 1.807) is 0 Å². The molecule has 2 heterocycles. The van der Waals surface area contributed by atoms with E-state index in [1.165, 1.54) is 11.1 Å². The summed E-state index contributed by atoms with van der Waals surface area (Å²) in [7, 11) is 0. The largest absolute Gasteiger partial charge is 0.308 e. The molecule has 0 bridgehead atoms. The van der Waals surface area contributed by atoms with Crippen LogP contribution in [-0.4, -0.2) is 19.5 Å². The van der Waals surface area contributed by atoms with Crippen LogP contribution in [0.1, 0.15) is 62.6 Å². The molecule has 8 aromatic carbocycles. The van der Waals surface area contributed by atoms with Crippen molar-refractivity contribution in [2.45, 2.75) is 51.4 Å². The standard InChI is InChI=1S/C68H53N5/c1-68(2,3)56-34-36-62-60(43-56)61-44-57(69-4)35-37-63(61)73(62)64-58(49-26-16-8-17-27-49)41-55(42-59(64)50-28-18-9-19-29-50)67-71-65(51-32-30-48(31-33-51)45-20-10-5-11-21-45)70-66(72-67)54-39-52(46-22-12-6-13-23-46)38-53(40-54)47-24-14-7-15-25-47/h5-14,16-24,26-28,30-44,50H,15,25,29H2,1-3H3. The van der Waals surface area contributed by atoms with E-state index in [0.717, 1.165) is 108 Å². The van der Waals surface area contributed by atoms with Gasteiger partial charge in [0.1, 0.15) is 0 Å². The second-order valence-electron chi connectivity index (χ2n) is 20.2. The highest BCUT2D eigenvalue weighted by molar-refractivity contribution is 6.11. The van der Waals surface area contributed by atoms with E-state index >= 15 is 0 Å². The number of aromatic nitrogens is 4. The summed E-state index contributed by atoms with van der Waals surface area (Å²) in [5, 5.41) is 2.19. The number of allylic oxidation sites excluding steroid dienone is 8. The summed E-state index contributed by atoms with van der Waals surface area (Å²) in [4.78, 5) is 20.3. The Hall–Kier alpha value is -8.98. The number of rotatable bonds is 9. The number of hydrogen-bond donors (Lipinski definition) is 0. The van der Waals surface area contributed by atoms with Gasteiger partial charge in [0.2, 0.25) is 0 Å². The Labute approximate surface area is 427 Å². The molecule has 0 spiro atoms. The highest BCUT2D eigenvalue weighted by atomic mass is 15.0. The fourth-order valence-corrected chi connectivity index (χ4v) is 10.5. The Balaban J connectivity index is 1.14. The fraction of sp³-hybridized carbons (Fsp3) is 0.118.